The van der Waals surface area contributed by atoms with Gasteiger partial charge in [-0.3, -0.25) is 0 Å². The Kier molecular flexibility index (Phi) is 5950. The molecule has 0 saturated heterocycles. The maximum atomic E-state index is 7.00. The Morgan fingerprint density at radius 3 is 0.286 bits per heavy atom. The minimum absolute atomic E-state index is 0. The fourth-order valence-electron chi connectivity index (χ4n) is 0. The zero-order valence-corrected chi connectivity index (χ0v) is 15.4. The van der Waals surface area contributed by atoms with Gasteiger partial charge in [0.15, 0.2) is 0 Å². The Labute approximate surface area is 120 Å². The molecule has 0 aliphatic heterocycles. The van der Waals surface area contributed by atoms with Crippen molar-refractivity contribution >= 4 is 47.3 Å². The van der Waals surface area contributed by atoms with E-state index in [-0.39, 0.29) is 47.3 Å². The van der Waals surface area contributed by atoms with E-state index in [1.165, 1.54) is 0 Å². The molecule has 8 heteroatoms. The van der Waals surface area contributed by atoms with Crippen molar-refractivity contribution in [2.75, 3.05) is 42.7 Å². The summed E-state index contributed by atoms with van der Waals surface area (Å²) in [7, 11) is 6.00. The van der Waals surface area contributed by atoms with Gasteiger partial charge in [-0.2, -0.15) is 0 Å². The molecule has 6 N–H and O–H groups in total. The first-order valence-electron chi connectivity index (χ1n) is 2.68. The number of hydrogen-bond donors (Lipinski definition) is 6. The van der Waals surface area contributed by atoms with E-state index < -0.39 is 0 Å². The van der Waals surface area contributed by atoms with Crippen molar-refractivity contribution in [1.29, 1.82) is 0 Å². The first-order valence-corrected chi connectivity index (χ1v) is 2.68. The van der Waals surface area contributed by atoms with Crippen LogP contribution in [0.15, 0.2) is 0 Å². The summed E-state index contributed by atoms with van der Waals surface area (Å²) >= 11 is 0. The van der Waals surface area contributed by atoms with Crippen molar-refractivity contribution in [3.05, 3.63) is 0 Å². The zero-order chi connectivity index (χ0) is 12.0. The van der Waals surface area contributed by atoms with Gasteiger partial charge in [-0.15, -0.1) is 0 Å². The molecule has 0 aromatic carbocycles. The van der Waals surface area contributed by atoms with Crippen LogP contribution in [0.2, 0.25) is 0 Å². The van der Waals surface area contributed by atoms with Crippen LogP contribution in [0.3, 0.4) is 0 Å². The molecule has 6 nitrogen and oxygen atoms in total. The summed E-state index contributed by atoms with van der Waals surface area (Å²) in [6.45, 7) is 0. The summed E-state index contributed by atoms with van der Waals surface area (Å²) in [4.78, 5) is 0. The van der Waals surface area contributed by atoms with Gasteiger partial charge in [0.05, 0.1) is 0 Å². The predicted octanol–water partition coefficient (Wildman–Crippen LogP) is -4.18. The second kappa shape index (κ2) is 1420. The van der Waals surface area contributed by atoms with Gasteiger partial charge in [-0.25, -0.2) is 0 Å². The van der Waals surface area contributed by atoms with Gasteiger partial charge in [-0.05, 0) is 0 Å². The molecule has 0 aromatic rings. The van der Waals surface area contributed by atoms with E-state index in [1.807, 2.05) is 0 Å². The Morgan fingerprint density at radius 2 is 0.286 bits per heavy atom. The Bertz CT molecular complexity index is 20.3. The molecule has 0 unspecified atom stereocenters. The summed E-state index contributed by atoms with van der Waals surface area (Å²) in [6, 6.07) is 0. The third-order valence-electron chi connectivity index (χ3n) is 0. The number of aliphatic hydroxyl groups excluding tert-OH is 6. The first kappa shape index (κ1) is 58.6. The van der Waals surface area contributed by atoms with Crippen molar-refractivity contribution in [1.82, 2.24) is 0 Å². The quantitative estimate of drug-likeness (QED) is 0.208. The molecule has 0 rings (SSSR count). The van der Waals surface area contributed by atoms with E-state index in [0.717, 1.165) is 42.7 Å². The van der Waals surface area contributed by atoms with Gasteiger partial charge < -0.3 is 30.6 Å². The van der Waals surface area contributed by atoms with Gasteiger partial charge in [0, 0.05) is 42.7 Å². The van der Waals surface area contributed by atoms with Crippen LogP contribution in [0.4, 0.5) is 0 Å². The summed E-state index contributed by atoms with van der Waals surface area (Å²) in [5, 5.41) is 42.0. The van der Waals surface area contributed by atoms with Gasteiger partial charge in [0.2, 0.25) is 0 Å². The first-order chi connectivity index (χ1) is 6.00. The molecule has 0 aliphatic rings. The minimum atomic E-state index is 0. The van der Waals surface area contributed by atoms with Crippen molar-refractivity contribution in [3.8, 4) is 0 Å². The van der Waals surface area contributed by atoms with Crippen molar-refractivity contribution in [2.45, 2.75) is 0 Å². The second-order valence-electron chi connectivity index (χ2n) is 0. The van der Waals surface area contributed by atoms with E-state index in [4.69, 9.17) is 30.6 Å². The number of rotatable bonds is 0. The molecular weight excluding hydrogens is 423 g/mol. The van der Waals surface area contributed by atoms with E-state index in [0.29, 0.717) is 0 Å². The van der Waals surface area contributed by atoms with Gasteiger partial charge in [0.1, 0.15) is 0 Å². The molecule has 0 amide bonds. The molecular formula is C6H28O6Te2. The molecule has 0 heterocycles. The molecule has 0 fully saturated rings. The average molecular weight is 451 g/mol. The van der Waals surface area contributed by atoms with E-state index in [9.17, 15) is 0 Å². The summed E-state index contributed by atoms with van der Waals surface area (Å²) in [5.41, 5.74) is 0. The van der Waals surface area contributed by atoms with Crippen LogP contribution in [0.5, 0.6) is 0 Å². The van der Waals surface area contributed by atoms with Crippen LogP contribution in [-0.4, -0.2) is 121 Å². The Morgan fingerprint density at radius 1 is 0.286 bits per heavy atom. The predicted molar refractivity (Wildman–Crippen MR) is 65.9 cm³/mol. The molecule has 0 bridgehead atoms. The van der Waals surface area contributed by atoms with Gasteiger partial charge in [0.25, 0.3) is 0 Å². The molecule has 14 heavy (non-hydrogen) atoms. The number of hydrogen-bond acceptors (Lipinski definition) is 6. The monoisotopic (exact) mass is 456 g/mol. The van der Waals surface area contributed by atoms with Crippen molar-refractivity contribution in [2.24, 2.45) is 0 Å². The Hall–Kier alpha value is 1.34. The average Bonchev–Trinajstić information content (AvgIpc) is 2.33. The van der Waals surface area contributed by atoms with Gasteiger partial charge in [-0.1, -0.05) is 0 Å². The van der Waals surface area contributed by atoms with Crippen LogP contribution >= 0.6 is 0 Å². The second-order valence-corrected chi connectivity index (χ2v) is 0. The fraction of sp³-hybridized carbons (Fsp3) is 1.00. The molecule has 0 aliphatic carbocycles. The third-order valence-corrected chi connectivity index (χ3v) is 0. The third kappa shape index (κ3) is 1130. The van der Waals surface area contributed by atoms with Gasteiger partial charge >= 0.3 is 47.3 Å². The SMILES string of the molecule is CO.CO.CO.CO.CO.CO.[TeH2].[TeH2]. The summed E-state index contributed by atoms with van der Waals surface area (Å²) in [5.74, 6) is 0. The molecule has 0 atom stereocenters. The van der Waals surface area contributed by atoms with E-state index >= 15 is 0 Å². The standard InChI is InChI=1S/6CH4O.2H2Te/c6*1-2;;/h6*2H,1H3;2*1H2. The topological polar surface area (TPSA) is 121 Å². The van der Waals surface area contributed by atoms with Crippen LogP contribution in [0.1, 0.15) is 0 Å². The van der Waals surface area contributed by atoms with Crippen LogP contribution < -0.4 is 0 Å². The molecule has 0 saturated carbocycles. The molecule has 0 radical (unpaired) electrons. The maximum absolute atomic E-state index is 7.00. The molecule has 0 aromatic heterocycles. The summed E-state index contributed by atoms with van der Waals surface area (Å²) in [6.07, 6.45) is 0. The Balaban J connectivity index is -0.00000000500. The van der Waals surface area contributed by atoms with Crippen molar-refractivity contribution in [3.63, 3.8) is 0 Å². The van der Waals surface area contributed by atoms with Crippen molar-refractivity contribution < 1.29 is 30.6 Å². The van der Waals surface area contributed by atoms with Crippen LogP contribution in [0.25, 0.3) is 0 Å². The van der Waals surface area contributed by atoms with Crippen LogP contribution in [0, 0.1) is 0 Å². The van der Waals surface area contributed by atoms with E-state index in [1.54, 1.807) is 0 Å². The fourth-order valence-corrected chi connectivity index (χ4v) is 0. The molecule has 0 spiro atoms. The summed E-state index contributed by atoms with van der Waals surface area (Å²) < 4.78 is 0. The van der Waals surface area contributed by atoms with E-state index in [2.05, 4.69) is 0 Å². The zero-order valence-electron chi connectivity index (χ0n) is 9.68. The normalized spacial score (nSPS) is 2.57. The molecule has 100 valence electrons. The number of aliphatic hydroxyl groups is 6. The van der Waals surface area contributed by atoms with Crippen LogP contribution in [-0.2, 0) is 0 Å².